The molecule has 1 aromatic heterocycles. The molecule has 1 nitrogen and oxygen atoms in total. The van der Waals surface area contributed by atoms with Crippen molar-refractivity contribution in [2.24, 2.45) is 5.92 Å². The maximum absolute atomic E-state index is 3.67. The number of para-hydroxylation sites is 1. The molecule has 0 fully saturated rings. The minimum absolute atomic E-state index is 0.756. The van der Waals surface area contributed by atoms with Crippen LogP contribution in [0.15, 0.2) is 24.3 Å². The molecule has 17 heavy (non-hydrogen) atoms. The summed E-state index contributed by atoms with van der Waals surface area (Å²) in [7, 11) is 0. The predicted molar refractivity (Wildman–Crippen MR) is 73.4 cm³/mol. The summed E-state index contributed by atoms with van der Waals surface area (Å²) >= 11 is 0. The summed E-state index contributed by atoms with van der Waals surface area (Å²) < 4.78 is 0. The topological polar surface area (TPSA) is 15.8 Å². The van der Waals surface area contributed by atoms with Crippen LogP contribution in [0, 0.1) is 5.92 Å². The molecule has 3 rings (SSSR count). The minimum atomic E-state index is 0.756. The van der Waals surface area contributed by atoms with Gasteiger partial charge in [-0.25, -0.2) is 0 Å². The Morgan fingerprint density at radius 3 is 2.94 bits per heavy atom. The molecule has 1 heterocycles. The van der Waals surface area contributed by atoms with Gasteiger partial charge in [-0.2, -0.15) is 0 Å². The van der Waals surface area contributed by atoms with Gasteiger partial charge in [0.25, 0.3) is 0 Å². The summed E-state index contributed by atoms with van der Waals surface area (Å²) in [5.74, 6) is 1.54. The van der Waals surface area contributed by atoms with Crippen molar-refractivity contribution in [3.63, 3.8) is 0 Å². The Bertz CT molecular complexity index is 521. The van der Waals surface area contributed by atoms with E-state index in [4.69, 9.17) is 0 Å². The summed E-state index contributed by atoms with van der Waals surface area (Å²) in [6, 6.07) is 8.76. The summed E-state index contributed by atoms with van der Waals surface area (Å²) in [5, 5.41) is 1.45. The van der Waals surface area contributed by atoms with E-state index < -0.39 is 0 Å². The first-order valence-electron chi connectivity index (χ1n) is 6.85. The monoisotopic (exact) mass is 227 g/mol. The summed E-state index contributed by atoms with van der Waals surface area (Å²) in [5.41, 5.74) is 4.46. The number of benzene rings is 1. The lowest BCUT2D eigenvalue weighted by Crippen LogP contribution is -2.11. The van der Waals surface area contributed by atoms with Gasteiger partial charge in [-0.3, -0.25) is 0 Å². The van der Waals surface area contributed by atoms with E-state index in [0.717, 1.165) is 11.8 Å². The average molecular weight is 227 g/mol. The zero-order chi connectivity index (χ0) is 11.8. The van der Waals surface area contributed by atoms with Crippen LogP contribution in [-0.2, 0) is 6.42 Å². The van der Waals surface area contributed by atoms with Gasteiger partial charge in [0.05, 0.1) is 0 Å². The third kappa shape index (κ3) is 1.88. The van der Waals surface area contributed by atoms with Gasteiger partial charge < -0.3 is 4.98 Å². The van der Waals surface area contributed by atoms with E-state index in [1.54, 1.807) is 5.56 Å². The van der Waals surface area contributed by atoms with Crippen molar-refractivity contribution in [2.75, 3.05) is 0 Å². The maximum Gasteiger partial charge on any atom is 0.0459 e. The number of fused-ring (bicyclic) bond motifs is 3. The zero-order valence-corrected chi connectivity index (χ0v) is 10.8. The van der Waals surface area contributed by atoms with Gasteiger partial charge in [0.1, 0.15) is 0 Å². The van der Waals surface area contributed by atoms with Crippen molar-refractivity contribution in [2.45, 2.75) is 45.4 Å². The molecule has 0 saturated heterocycles. The van der Waals surface area contributed by atoms with Crippen molar-refractivity contribution in [3.8, 4) is 0 Å². The number of aryl methyl sites for hydroxylation is 1. The Kier molecular flexibility index (Phi) is 2.70. The van der Waals surface area contributed by atoms with Crippen molar-refractivity contribution in [1.29, 1.82) is 0 Å². The second kappa shape index (κ2) is 4.21. The number of aromatic nitrogens is 1. The summed E-state index contributed by atoms with van der Waals surface area (Å²) in [6.45, 7) is 4.66. The smallest absolute Gasteiger partial charge is 0.0459 e. The van der Waals surface area contributed by atoms with Crippen LogP contribution in [0.4, 0.5) is 0 Å². The number of aromatic amines is 1. The van der Waals surface area contributed by atoms with Crippen LogP contribution in [0.1, 0.15) is 50.3 Å². The zero-order valence-electron chi connectivity index (χ0n) is 10.8. The molecule has 1 atom stereocenters. The van der Waals surface area contributed by atoms with E-state index in [-0.39, 0.29) is 0 Å². The summed E-state index contributed by atoms with van der Waals surface area (Å²) in [6.07, 6.45) is 5.29. The van der Waals surface area contributed by atoms with Crippen LogP contribution in [0.3, 0.4) is 0 Å². The van der Waals surface area contributed by atoms with Crippen LogP contribution in [0.25, 0.3) is 10.9 Å². The lowest BCUT2D eigenvalue weighted by Gasteiger charge is -2.24. The second-order valence-corrected chi connectivity index (χ2v) is 5.78. The van der Waals surface area contributed by atoms with Crippen LogP contribution < -0.4 is 0 Å². The highest BCUT2D eigenvalue weighted by Crippen LogP contribution is 2.38. The first-order valence-corrected chi connectivity index (χ1v) is 6.85. The SMILES string of the molecule is CC(C)CC1CCCc2c1[nH]c1ccccc21. The highest BCUT2D eigenvalue weighted by atomic mass is 14.7. The van der Waals surface area contributed by atoms with E-state index in [2.05, 4.69) is 43.1 Å². The fraction of sp³-hybridized carbons (Fsp3) is 0.500. The van der Waals surface area contributed by atoms with E-state index in [9.17, 15) is 0 Å². The first kappa shape index (κ1) is 10.9. The Hall–Kier alpha value is -1.24. The maximum atomic E-state index is 3.67. The second-order valence-electron chi connectivity index (χ2n) is 5.78. The molecule has 0 amide bonds. The third-order valence-corrected chi connectivity index (χ3v) is 3.99. The fourth-order valence-corrected chi connectivity index (χ4v) is 3.31. The Morgan fingerprint density at radius 1 is 1.29 bits per heavy atom. The number of hydrogen-bond acceptors (Lipinski definition) is 0. The van der Waals surface area contributed by atoms with Gasteiger partial charge in [-0.05, 0) is 49.1 Å². The molecular weight excluding hydrogens is 206 g/mol. The van der Waals surface area contributed by atoms with Crippen LogP contribution in [-0.4, -0.2) is 4.98 Å². The normalized spacial score (nSPS) is 19.8. The molecule has 0 saturated carbocycles. The summed E-state index contributed by atoms with van der Waals surface area (Å²) in [4.78, 5) is 3.67. The van der Waals surface area contributed by atoms with Crippen LogP contribution >= 0.6 is 0 Å². The van der Waals surface area contributed by atoms with E-state index in [1.165, 1.54) is 42.3 Å². The molecule has 0 spiro atoms. The molecule has 1 aliphatic carbocycles. The Labute approximate surface area is 103 Å². The number of H-pyrrole nitrogens is 1. The van der Waals surface area contributed by atoms with Gasteiger partial charge in [0.15, 0.2) is 0 Å². The van der Waals surface area contributed by atoms with Gasteiger partial charge in [0, 0.05) is 16.6 Å². The van der Waals surface area contributed by atoms with E-state index in [0.29, 0.717) is 0 Å². The predicted octanol–water partition coefficient (Wildman–Crippen LogP) is 4.63. The standard InChI is InChI=1S/C16H21N/c1-11(2)10-12-6-5-8-14-13-7-3-4-9-15(13)17-16(12)14/h3-4,7,9,11-12,17H,5-6,8,10H2,1-2H3. The quantitative estimate of drug-likeness (QED) is 0.769. The Morgan fingerprint density at radius 2 is 2.12 bits per heavy atom. The average Bonchev–Trinajstić information content (AvgIpc) is 2.68. The van der Waals surface area contributed by atoms with Crippen molar-refractivity contribution < 1.29 is 0 Å². The molecule has 1 heteroatoms. The molecule has 2 aromatic rings. The third-order valence-electron chi connectivity index (χ3n) is 3.99. The van der Waals surface area contributed by atoms with Gasteiger partial charge in [-0.15, -0.1) is 0 Å². The van der Waals surface area contributed by atoms with Crippen molar-refractivity contribution in [3.05, 3.63) is 35.5 Å². The number of rotatable bonds is 2. The molecule has 0 bridgehead atoms. The highest BCUT2D eigenvalue weighted by Gasteiger charge is 2.24. The lowest BCUT2D eigenvalue weighted by atomic mass is 9.82. The number of hydrogen-bond donors (Lipinski definition) is 1. The van der Waals surface area contributed by atoms with Gasteiger partial charge >= 0.3 is 0 Å². The number of nitrogens with one attached hydrogen (secondary N) is 1. The van der Waals surface area contributed by atoms with E-state index >= 15 is 0 Å². The minimum Gasteiger partial charge on any atom is -0.358 e. The highest BCUT2D eigenvalue weighted by molar-refractivity contribution is 5.85. The fourth-order valence-electron chi connectivity index (χ4n) is 3.31. The molecule has 1 unspecified atom stereocenters. The Balaban J connectivity index is 2.07. The molecule has 1 aromatic carbocycles. The van der Waals surface area contributed by atoms with E-state index in [1.807, 2.05) is 0 Å². The van der Waals surface area contributed by atoms with Crippen LogP contribution in [0.2, 0.25) is 0 Å². The van der Waals surface area contributed by atoms with Gasteiger partial charge in [0.2, 0.25) is 0 Å². The van der Waals surface area contributed by atoms with Crippen LogP contribution in [0.5, 0.6) is 0 Å². The molecule has 1 N–H and O–H groups in total. The molecule has 0 radical (unpaired) electrons. The molecule has 90 valence electrons. The lowest BCUT2D eigenvalue weighted by molar-refractivity contribution is 0.442. The largest absolute Gasteiger partial charge is 0.358 e. The molecular formula is C16H21N. The molecule has 0 aliphatic heterocycles. The van der Waals surface area contributed by atoms with Crippen molar-refractivity contribution in [1.82, 2.24) is 4.98 Å². The van der Waals surface area contributed by atoms with Crippen molar-refractivity contribution >= 4 is 10.9 Å². The first-order chi connectivity index (χ1) is 8.25. The van der Waals surface area contributed by atoms with Gasteiger partial charge in [-0.1, -0.05) is 32.0 Å². The molecule has 1 aliphatic rings.